The predicted molar refractivity (Wildman–Crippen MR) is 63.4 cm³/mol. The van der Waals surface area contributed by atoms with Crippen molar-refractivity contribution in [2.24, 2.45) is 5.92 Å². The Labute approximate surface area is 86.5 Å². The summed E-state index contributed by atoms with van der Waals surface area (Å²) in [6.45, 7) is 5.53. The predicted octanol–water partition coefficient (Wildman–Crippen LogP) is 3.12. The molecule has 1 aromatic rings. The first-order valence-electron chi connectivity index (χ1n) is 5.28. The molecule has 3 N–H and O–H groups in total. The topological polar surface area (TPSA) is 38.0 Å². The third-order valence-corrected chi connectivity index (χ3v) is 2.17. The van der Waals surface area contributed by atoms with Crippen molar-refractivity contribution < 1.29 is 0 Å². The zero-order chi connectivity index (χ0) is 10.4. The SMILES string of the molecule is CC(C)CCCNc1cccc(N)c1. The maximum absolute atomic E-state index is 5.67. The highest BCUT2D eigenvalue weighted by atomic mass is 14.9. The van der Waals surface area contributed by atoms with Crippen LogP contribution >= 0.6 is 0 Å². The molecule has 1 rings (SSSR count). The first-order valence-corrected chi connectivity index (χ1v) is 5.28. The van der Waals surface area contributed by atoms with E-state index in [4.69, 9.17) is 5.73 Å². The molecule has 0 heterocycles. The molecule has 0 aliphatic rings. The van der Waals surface area contributed by atoms with Crippen LogP contribution in [-0.4, -0.2) is 6.54 Å². The number of nitrogen functional groups attached to an aromatic ring is 1. The molecule has 0 saturated carbocycles. The Kier molecular flexibility index (Phi) is 4.30. The lowest BCUT2D eigenvalue weighted by Crippen LogP contribution is -2.03. The van der Waals surface area contributed by atoms with Gasteiger partial charge in [-0.3, -0.25) is 0 Å². The minimum Gasteiger partial charge on any atom is -0.399 e. The van der Waals surface area contributed by atoms with Crippen LogP contribution in [-0.2, 0) is 0 Å². The summed E-state index contributed by atoms with van der Waals surface area (Å²) in [7, 11) is 0. The van der Waals surface area contributed by atoms with Gasteiger partial charge in [0.2, 0.25) is 0 Å². The summed E-state index contributed by atoms with van der Waals surface area (Å²) in [6.07, 6.45) is 2.49. The monoisotopic (exact) mass is 192 g/mol. The summed E-state index contributed by atoms with van der Waals surface area (Å²) in [5.74, 6) is 0.789. The molecule has 2 nitrogen and oxygen atoms in total. The second kappa shape index (κ2) is 5.53. The average molecular weight is 192 g/mol. The summed E-state index contributed by atoms with van der Waals surface area (Å²) in [6, 6.07) is 7.89. The second-order valence-electron chi connectivity index (χ2n) is 4.09. The van der Waals surface area contributed by atoms with Gasteiger partial charge in [0.25, 0.3) is 0 Å². The van der Waals surface area contributed by atoms with Crippen LogP contribution in [0.4, 0.5) is 11.4 Å². The number of hydrogen-bond acceptors (Lipinski definition) is 2. The Morgan fingerprint density at radius 3 is 2.79 bits per heavy atom. The van der Waals surface area contributed by atoms with Gasteiger partial charge in [0.1, 0.15) is 0 Å². The molecular formula is C12H20N2. The van der Waals surface area contributed by atoms with E-state index in [0.29, 0.717) is 0 Å². The Balaban J connectivity index is 2.25. The van der Waals surface area contributed by atoms with Gasteiger partial charge >= 0.3 is 0 Å². The van der Waals surface area contributed by atoms with E-state index in [9.17, 15) is 0 Å². The van der Waals surface area contributed by atoms with Gasteiger partial charge in [-0.15, -0.1) is 0 Å². The van der Waals surface area contributed by atoms with Crippen molar-refractivity contribution in [3.05, 3.63) is 24.3 Å². The van der Waals surface area contributed by atoms with Gasteiger partial charge in [0, 0.05) is 17.9 Å². The third-order valence-electron chi connectivity index (χ3n) is 2.17. The van der Waals surface area contributed by atoms with E-state index in [1.54, 1.807) is 0 Å². The minimum atomic E-state index is 0.789. The van der Waals surface area contributed by atoms with Crippen LogP contribution in [0, 0.1) is 5.92 Å². The van der Waals surface area contributed by atoms with Crippen LogP contribution < -0.4 is 11.1 Å². The molecule has 0 fully saturated rings. The van der Waals surface area contributed by atoms with E-state index in [0.717, 1.165) is 23.8 Å². The van der Waals surface area contributed by atoms with Crippen LogP contribution in [0.5, 0.6) is 0 Å². The van der Waals surface area contributed by atoms with Gasteiger partial charge < -0.3 is 11.1 Å². The molecule has 0 unspecified atom stereocenters. The highest BCUT2D eigenvalue weighted by Crippen LogP contribution is 2.12. The summed E-state index contributed by atoms with van der Waals surface area (Å²) in [4.78, 5) is 0. The molecule has 1 aromatic carbocycles. The van der Waals surface area contributed by atoms with Gasteiger partial charge in [-0.1, -0.05) is 19.9 Å². The lowest BCUT2D eigenvalue weighted by molar-refractivity contribution is 0.567. The molecule has 0 saturated heterocycles. The van der Waals surface area contributed by atoms with Crippen LogP contribution in [0.1, 0.15) is 26.7 Å². The third kappa shape index (κ3) is 4.17. The Bertz CT molecular complexity index is 269. The normalized spacial score (nSPS) is 10.5. The number of nitrogens with one attached hydrogen (secondary N) is 1. The Morgan fingerprint density at radius 2 is 2.14 bits per heavy atom. The molecule has 0 aromatic heterocycles. The van der Waals surface area contributed by atoms with Crippen LogP contribution in [0.2, 0.25) is 0 Å². The Hall–Kier alpha value is -1.18. The molecule has 0 atom stereocenters. The molecule has 78 valence electrons. The fourth-order valence-electron chi connectivity index (χ4n) is 1.39. The minimum absolute atomic E-state index is 0.789. The standard InChI is InChI=1S/C12H20N2/c1-10(2)5-4-8-14-12-7-3-6-11(13)9-12/h3,6-7,9-10,14H,4-5,8,13H2,1-2H3. The lowest BCUT2D eigenvalue weighted by atomic mass is 10.1. The van der Waals surface area contributed by atoms with E-state index in [2.05, 4.69) is 19.2 Å². The molecule has 0 bridgehead atoms. The van der Waals surface area contributed by atoms with Crippen molar-refractivity contribution >= 4 is 11.4 Å². The number of nitrogens with two attached hydrogens (primary N) is 1. The second-order valence-corrected chi connectivity index (χ2v) is 4.09. The first kappa shape index (κ1) is 10.9. The maximum atomic E-state index is 5.67. The number of hydrogen-bond donors (Lipinski definition) is 2. The average Bonchev–Trinajstić information content (AvgIpc) is 2.12. The van der Waals surface area contributed by atoms with Crippen molar-refractivity contribution in [3.63, 3.8) is 0 Å². The first-order chi connectivity index (χ1) is 6.68. The highest BCUT2D eigenvalue weighted by molar-refractivity contribution is 5.53. The molecular weight excluding hydrogens is 172 g/mol. The van der Waals surface area contributed by atoms with Gasteiger partial charge in [-0.2, -0.15) is 0 Å². The molecule has 0 spiro atoms. The van der Waals surface area contributed by atoms with Gasteiger partial charge in [-0.05, 0) is 37.0 Å². The van der Waals surface area contributed by atoms with E-state index >= 15 is 0 Å². The molecule has 0 radical (unpaired) electrons. The van der Waals surface area contributed by atoms with E-state index < -0.39 is 0 Å². The van der Waals surface area contributed by atoms with Crippen LogP contribution in [0.25, 0.3) is 0 Å². The van der Waals surface area contributed by atoms with Gasteiger partial charge in [-0.25, -0.2) is 0 Å². The van der Waals surface area contributed by atoms with E-state index in [1.807, 2.05) is 24.3 Å². The Morgan fingerprint density at radius 1 is 1.36 bits per heavy atom. The zero-order valence-corrected chi connectivity index (χ0v) is 9.09. The zero-order valence-electron chi connectivity index (χ0n) is 9.09. The maximum Gasteiger partial charge on any atom is 0.0360 e. The summed E-state index contributed by atoms with van der Waals surface area (Å²) in [5, 5.41) is 3.36. The van der Waals surface area contributed by atoms with E-state index in [1.165, 1.54) is 12.8 Å². The molecule has 0 aliphatic carbocycles. The van der Waals surface area contributed by atoms with Crippen LogP contribution in [0.3, 0.4) is 0 Å². The van der Waals surface area contributed by atoms with Crippen LogP contribution in [0.15, 0.2) is 24.3 Å². The largest absolute Gasteiger partial charge is 0.399 e. The van der Waals surface area contributed by atoms with Gasteiger partial charge in [0.05, 0.1) is 0 Å². The molecule has 14 heavy (non-hydrogen) atoms. The van der Waals surface area contributed by atoms with Crippen molar-refractivity contribution in [1.29, 1.82) is 0 Å². The quantitative estimate of drug-likeness (QED) is 0.555. The number of benzene rings is 1. The molecule has 0 aliphatic heterocycles. The summed E-state index contributed by atoms with van der Waals surface area (Å²) in [5.41, 5.74) is 7.61. The molecule has 2 heteroatoms. The highest BCUT2D eigenvalue weighted by Gasteiger charge is 1.94. The smallest absolute Gasteiger partial charge is 0.0360 e. The van der Waals surface area contributed by atoms with Crippen molar-refractivity contribution in [2.45, 2.75) is 26.7 Å². The van der Waals surface area contributed by atoms with Crippen molar-refractivity contribution in [2.75, 3.05) is 17.6 Å². The summed E-state index contributed by atoms with van der Waals surface area (Å²) >= 11 is 0. The van der Waals surface area contributed by atoms with Crippen molar-refractivity contribution in [3.8, 4) is 0 Å². The summed E-state index contributed by atoms with van der Waals surface area (Å²) < 4.78 is 0. The number of rotatable bonds is 5. The lowest BCUT2D eigenvalue weighted by Gasteiger charge is -2.08. The van der Waals surface area contributed by atoms with Crippen molar-refractivity contribution in [1.82, 2.24) is 0 Å². The fourth-order valence-corrected chi connectivity index (χ4v) is 1.39. The van der Waals surface area contributed by atoms with Gasteiger partial charge in [0.15, 0.2) is 0 Å². The molecule has 0 amide bonds. The number of anilines is 2. The van der Waals surface area contributed by atoms with E-state index in [-0.39, 0.29) is 0 Å². The fraction of sp³-hybridized carbons (Fsp3) is 0.500.